The first-order valence-electron chi connectivity index (χ1n) is 5.37. The molecule has 6 heteroatoms. The van der Waals surface area contributed by atoms with Gasteiger partial charge >= 0.3 is 6.09 Å². The zero-order chi connectivity index (χ0) is 13.8. The summed E-state index contributed by atoms with van der Waals surface area (Å²) in [5.74, 6) is -0.368. The average molecular weight is 246 g/mol. The van der Waals surface area contributed by atoms with E-state index in [1.807, 2.05) is 20.8 Å². The van der Waals surface area contributed by atoms with Gasteiger partial charge in [0.1, 0.15) is 6.04 Å². The van der Waals surface area contributed by atoms with E-state index < -0.39 is 12.1 Å². The summed E-state index contributed by atoms with van der Waals surface area (Å²) in [4.78, 5) is 28.8. The molecule has 1 atom stereocenters. The minimum absolute atomic E-state index is 0.154. The molecule has 0 aliphatic heterocycles. The first kappa shape index (κ1) is 15.7. The van der Waals surface area contributed by atoms with E-state index in [1.165, 1.54) is 21.2 Å². The quantitative estimate of drug-likeness (QED) is 0.762. The second kappa shape index (κ2) is 5.86. The van der Waals surface area contributed by atoms with Crippen molar-refractivity contribution in [2.45, 2.75) is 33.2 Å². The maximum atomic E-state index is 12.0. The predicted molar refractivity (Wildman–Crippen MR) is 63.4 cm³/mol. The highest BCUT2D eigenvalue weighted by Crippen LogP contribution is 2.24. The summed E-state index contributed by atoms with van der Waals surface area (Å²) in [5, 5.41) is 10.0. The fourth-order valence-electron chi connectivity index (χ4n) is 1.40. The Hall–Kier alpha value is -1.30. The lowest BCUT2D eigenvalue weighted by atomic mass is 9.87. The molecule has 2 amide bonds. The van der Waals surface area contributed by atoms with Crippen molar-refractivity contribution in [3.63, 3.8) is 0 Å². The number of carbonyl (C=O) groups is 2. The third kappa shape index (κ3) is 5.04. The third-order valence-corrected chi connectivity index (χ3v) is 2.44. The van der Waals surface area contributed by atoms with Crippen molar-refractivity contribution in [1.82, 2.24) is 9.96 Å². The Morgan fingerprint density at radius 1 is 1.29 bits per heavy atom. The first-order chi connectivity index (χ1) is 7.60. The molecule has 1 N–H and O–H groups in total. The van der Waals surface area contributed by atoms with Gasteiger partial charge in [0.05, 0.1) is 7.11 Å². The standard InChI is InChI=1S/C11H22N2O4/c1-11(2,3)7-8(12(4)10(15)16)9(14)13(5)17-6/h8H,7H2,1-6H3,(H,15,16)/t8-/m0/s1. The molecule has 0 rings (SSSR count). The van der Waals surface area contributed by atoms with Crippen LogP contribution < -0.4 is 0 Å². The van der Waals surface area contributed by atoms with Gasteiger partial charge in [0.25, 0.3) is 5.91 Å². The van der Waals surface area contributed by atoms with Gasteiger partial charge in [-0.2, -0.15) is 0 Å². The van der Waals surface area contributed by atoms with Gasteiger partial charge in [0, 0.05) is 14.1 Å². The topological polar surface area (TPSA) is 70.1 Å². The molecule has 6 nitrogen and oxygen atoms in total. The highest BCUT2D eigenvalue weighted by Gasteiger charge is 2.33. The van der Waals surface area contributed by atoms with Gasteiger partial charge in [-0.15, -0.1) is 0 Å². The fourth-order valence-corrected chi connectivity index (χ4v) is 1.40. The first-order valence-corrected chi connectivity index (χ1v) is 5.37. The van der Waals surface area contributed by atoms with Crippen LogP contribution in [0, 0.1) is 5.41 Å². The number of nitrogens with zero attached hydrogens (tertiary/aromatic N) is 2. The monoisotopic (exact) mass is 246 g/mol. The van der Waals surface area contributed by atoms with E-state index in [1.54, 1.807) is 0 Å². The van der Waals surface area contributed by atoms with Crippen molar-refractivity contribution in [3.05, 3.63) is 0 Å². The Morgan fingerprint density at radius 2 is 1.76 bits per heavy atom. The number of carbonyl (C=O) groups excluding carboxylic acids is 1. The van der Waals surface area contributed by atoms with Crippen LogP contribution in [0.5, 0.6) is 0 Å². The molecule has 0 unspecified atom stereocenters. The van der Waals surface area contributed by atoms with Crippen LogP contribution in [0.3, 0.4) is 0 Å². The number of hydrogen-bond acceptors (Lipinski definition) is 3. The number of amides is 2. The van der Waals surface area contributed by atoms with Crippen LogP contribution in [0.1, 0.15) is 27.2 Å². The Labute approximate surface area is 102 Å². The lowest BCUT2D eigenvalue weighted by Gasteiger charge is -2.32. The van der Waals surface area contributed by atoms with Crippen LogP contribution in [0.2, 0.25) is 0 Å². The minimum Gasteiger partial charge on any atom is -0.465 e. The van der Waals surface area contributed by atoms with Gasteiger partial charge in [0.2, 0.25) is 0 Å². The summed E-state index contributed by atoms with van der Waals surface area (Å²) in [6.45, 7) is 5.86. The van der Waals surface area contributed by atoms with Crippen LogP contribution in [0.4, 0.5) is 4.79 Å². The molecule has 0 aromatic heterocycles. The summed E-state index contributed by atoms with van der Waals surface area (Å²) in [7, 11) is 4.22. The van der Waals surface area contributed by atoms with E-state index in [0.29, 0.717) is 6.42 Å². The number of carboxylic acid groups (broad SMARTS) is 1. The molecular weight excluding hydrogens is 224 g/mol. The van der Waals surface area contributed by atoms with Crippen LogP contribution in [-0.2, 0) is 9.63 Å². The summed E-state index contributed by atoms with van der Waals surface area (Å²) in [6.07, 6.45) is -0.695. The molecule has 0 aromatic carbocycles. The number of rotatable bonds is 4. The summed E-state index contributed by atoms with van der Waals surface area (Å²) < 4.78 is 0. The Kier molecular flexibility index (Phi) is 5.41. The van der Waals surface area contributed by atoms with E-state index in [0.717, 1.165) is 9.96 Å². The molecule has 0 aliphatic carbocycles. The molecule has 0 heterocycles. The average Bonchev–Trinajstić information content (AvgIpc) is 2.21. The van der Waals surface area contributed by atoms with Crippen molar-refractivity contribution in [3.8, 4) is 0 Å². The normalized spacial score (nSPS) is 13.1. The second-order valence-electron chi connectivity index (χ2n) is 5.19. The van der Waals surface area contributed by atoms with Gasteiger partial charge in [-0.3, -0.25) is 14.5 Å². The van der Waals surface area contributed by atoms with Crippen LogP contribution in [-0.4, -0.2) is 54.3 Å². The van der Waals surface area contributed by atoms with Crippen molar-refractivity contribution in [2.24, 2.45) is 5.41 Å². The molecule has 0 saturated carbocycles. The van der Waals surface area contributed by atoms with Crippen LogP contribution >= 0.6 is 0 Å². The smallest absolute Gasteiger partial charge is 0.407 e. The molecule has 0 saturated heterocycles. The Morgan fingerprint density at radius 3 is 2.06 bits per heavy atom. The second-order valence-corrected chi connectivity index (χ2v) is 5.19. The van der Waals surface area contributed by atoms with Gasteiger partial charge in [-0.25, -0.2) is 9.86 Å². The van der Waals surface area contributed by atoms with Crippen LogP contribution in [0.15, 0.2) is 0 Å². The Balaban J connectivity index is 4.98. The van der Waals surface area contributed by atoms with Gasteiger partial charge < -0.3 is 5.11 Å². The fraction of sp³-hybridized carbons (Fsp3) is 0.818. The Bertz CT molecular complexity index is 286. The largest absolute Gasteiger partial charge is 0.465 e. The maximum Gasteiger partial charge on any atom is 0.407 e. The van der Waals surface area contributed by atoms with Crippen LogP contribution in [0.25, 0.3) is 0 Å². The summed E-state index contributed by atoms with van der Waals surface area (Å²) in [6, 6.07) is -0.738. The summed E-state index contributed by atoms with van der Waals surface area (Å²) >= 11 is 0. The molecule has 0 aromatic rings. The molecule has 0 fully saturated rings. The van der Waals surface area contributed by atoms with Gasteiger partial charge in [-0.05, 0) is 11.8 Å². The number of hydrogen-bond donors (Lipinski definition) is 1. The molecule has 17 heavy (non-hydrogen) atoms. The maximum absolute atomic E-state index is 12.0. The molecular formula is C11H22N2O4. The van der Waals surface area contributed by atoms with Gasteiger partial charge in [-0.1, -0.05) is 20.8 Å². The van der Waals surface area contributed by atoms with E-state index >= 15 is 0 Å². The van der Waals surface area contributed by atoms with Gasteiger partial charge in [0.15, 0.2) is 0 Å². The zero-order valence-electron chi connectivity index (χ0n) is 11.4. The minimum atomic E-state index is -1.13. The predicted octanol–water partition coefficient (Wildman–Crippen LogP) is 1.42. The molecule has 0 bridgehead atoms. The highest BCUT2D eigenvalue weighted by atomic mass is 16.7. The lowest BCUT2D eigenvalue weighted by molar-refractivity contribution is -0.174. The SMILES string of the molecule is CON(C)C(=O)[C@H](CC(C)(C)C)N(C)C(=O)O. The van der Waals surface area contributed by atoms with Crippen molar-refractivity contribution in [1.29, 1.82) is 0 Å². The molecule has 0 aliphatic rings. The van der Waals surface area contributed by atoms with E-state index in [9.17, 15) is 9.59 Å². The third-order valence-electron chi connectivity index (χ3n) is 2.44. The lowest BCUT2D eigenvalue weighted by Crippen LogP contribution is -2.49. The number of likely N-dealkylation sites (N-methyl/N-ethyl adjacent to an activating group) is 2. The highest BCUT2D eigenvalue weighted by molar-refractivity contribution is 5.84. The summed E-state index contributed by atoms with van der Waals surface area (Å²) in [5.41, 5.74) is -0.154. The molecule has 100 valence electrons. The van der Waals surface area contributed by atoms with Crippen molar-refractivity contribution >= 4 is 12.0 Å². The van der Waals surface area contributed by atoms with E-state index in [2.05, 4.69) is 0 Å². The van der Waals surface area contributed by atoms with Crippen molar-refractivity contribution < 1.29 is 19.5 Å². The zero-order valence-corrected chi connectivity index (χ0v) is 11.4. The molecule has 0 radical (unpaired) electrons. The van der Waals surface area contributed by atoms with E-state index in [4.69, 9.17) is 9.94 Å². The molecule has 0 spiro atoms. The van der Waals surface area contributed by atoms with Crippen molar-refractivity contribution in [2.75, 3.05) is 21.2 Å². The van der Waals surface area contributed by atoms with E-state index in [-0.39, 0.29) is 11.3 Å². The number of hydroxylamine groups is 2.